The van der Waals surface area contributed by atoms with Crippen molar-refractivity contribution < 1.29 is 28.5 Å². The number of para-hydroxylation sites is 4. The molecule has 1 aliphatic heterocycles. The van der Waals surface area contributed by atoms with Crippen molar-refractivity contribution in [2.45, 2.75) is 44.5 Å². The average Bonchev–Trinajstić information content (AvgIpc) is 3.50. The molecule has 1 saturated heterocycles. The van der Waals surface area contributed by atoms with Crippen LogP contribution < -0.4 is 40.2 Å². The van der Waals surface area contributed by atoms with Crippen LogP contribution in [0.1, 0.15) is 27.2 Å². The van der Waals surface area contributed by atoms with Crippen LogP contribution in [0.5, 0.6) is 23.0 Å². The third-order valence-electron chi connectivity index (χ3n) is 8.22. The lowest BCUT2D eigenvalue weighted by Crippen LogP contribution is -2.42. The molecular weight excluding hydrogens is 628 g/mol. The Balaban J connectivity index is 1.63. The van der Waals surface area contributed by atoms with Crippen molar-refractivity contribution in [1.29, 1.82) is 0 Å². The number of carbonyl (C=O) groups excluding carboxylic acids is 1. The van der Waals surface area contributed by atoms with Gasteiger partial charge in [0.15, 0.2) is 0 Å². The number of benzene rings is 4. The molecule has 0 bridgehead atoms. The number of likely N-dealkylation sites (tertiary alicyclic amines) is 1. The fraction of sp³-hybridized carbons (Fsp3) is 0.342. The Morgan fingerprint density at radius 2 is 1.04 bits per heavy atom. The van der Waals surface area contributed by atoms with Gasteiger partial charge in [0, 0.05) is 39.5 Å². The van der Waals surface area contributed by atoms with E-state index in [1.807, 2.05) is 86.3 Å². The van der Waals surface area contributed by atoms with Crippen LogP contribution in [0.3, 0.4) is 0 Å². The SMILES string of the molecule is COc1ccccc1P(C[C@@H]1C[C@H](P(c2ccccc2OC)c2ccccc2OC)CN1C(=O)OC(C)(C)C)c1ccccc1OC. The molecule has 1 amide bonds. The minimum absolute atomic E-state index is 0.106. The van der Waals surface area contributed by atoms with E-state index in [-0.39, 0.29) is 17.8 Å². The van der Waals surface area contributed by atoms with Crippen LogP contribution >= 0.6 is 15.8 Å². The number of hydrogen-bond donors (Lipinski definition) is 0. The molecule has 1 heterocycles. The van der Waals surface area contributed by atoms with Crippen molar-refractivity contribution in [1.82, 2.24) is 4.90 Å². The summed E-state index contributed by atoms with van der Waals surface area (Å²) in [5.41, 5.74) is -0.520. The van der Waals surface area contributed by atoms with Crippen LogP contribution in [0.2, 0.25) is 0 Å². The predicted molar refractivity (Wildman–Crippen MR) is 194 cm³/mol. The normalized spacial score (nSPS) is 16.3. The summed E-state index contributed by atoms with van der Waals surface area (Å²) in [5, 5.41) is 4.47. The third kappa shape index (κ3) is 7.86. The smallest absolute Gasteiger partial charge is 0.410 e. The monoisotopic (exact) mass is 673 g/mol. The molecule has 2 atom stereocenters. The van der Waals surface area contributed by atoms with Crippen molar-refractivity contribution in [2.24, 2.45) is 0 Å². The summed E-state index contributed by atoms with van der Waals surface area (Å²) in [7, 11) is 4.83. The number of methoxy groups -OCH3 is 4. The summed E-state index contributed by atoms with van der Waals surface area (Å²) in [5.74, 6) is 3.32. The predicted octanol–water partition coefficient (Wildman–Crippen LogP) is 6.66. The Morgan fingerprint density at radius 1 is 0.660 bits per heavy atom. The Morgan fingerprint density at radius 3 is 1.45 bits per heavy atom. The summed E-state index contributed by atoms with van der Waals surface area (Å²) in [6.45, 7) is 6.30. The van der Waals surface area contributed by atoms with Gasteiger partial charge in [0.05, 0.1) is 28.4 Å². The molecule has 0 radical (unpaired) electrons. The van der Waals surface area contributed by atoms with Gasteiger partial charge in [-0.3, -0.25) is 0 Å². The zero-order valence-corrected chi connectivity index (χ0v) is 30.1. The molecule has 0 spiro atoms. The minimum atomic E-state index is -1.01. The van der Waals surface area contributed by atoms with Gasteiger partial charge in [0.2, 0.25) is 0 Å². The number of amides is 1. The van der Waals surface area contributed by atoms with Crippen molar-refractivity contribution in [3.8, 4) is 23.0 Å². The maximum Gasteiger partial charge on any atom is 0.410 e. The molecular formula is C38H45NO6P2. The van der Waals surface area contributed by atoms with Gasteiger partial charge >= 0.3 is 6.09 Å². The topological polar surface area (TPSA) is 66.5 Å². The first-order valence-electron chi connectivity index (χ1n) is 15.8. The molecule has 1 fully saturated rings. The lowest BCUT2D eigenvalue weighted by atomic mass is 10.2. The molecule has 5 rings (SSSR count). The Kier molecular flexibility index (Phi) is 11.3. The molecule has 4 aromatic carbocycles. The number of carbonyl (C=O) groups is 1. The first kappa shape index (κ1) is 34.5. The van der Waals surface area contributed by atoms with Crippen molar-refractivity contribution in [2.75, 3.05) is 41.1 Å². The summed E-state index contributed by atoms with van der Waals surface area (Å²) in [4.78, 5) is 16.0. The quantitative estimate of drug-likeness (QED) is 0.166. The largest absolute Gasteiger partial charge is 0.496 e. The molecule has 47 heavy (non-hydrogen) atoms. The van der Waals surface area contributed by atoms with Crippen LogP contribution in [0.25, 0.3) is 0 Å². The zero-order chi connectivity index (χ0) is 33.6. The van der Waals surface area contributed by atoms with Gasteiger partial charge < -0.3 is 28.6 Å². The second kappa shape index (κ2) is 15.4. The Bertz CT molecular complexity index is 1560. The summed E-state index contributed by atoms with van der Waals surface area (Å²) in [6.07, 6.45) is 1.20. The molecule has 4 aromatic rings. The maximum absolute atomic E-state index is 14.1. The van der Waals surface area contributed by atoms with Crippen molar-refractivity contribution in [3.63, 3.8) is 0 Å². The van der Waals surface area contributed by atoms with Gasteiger partial charge in [-0.05, 0) is 73.5 Å². The molecule has 0 aliphatic carbocycles. The van der Waals surface area contributed by atoms with Crippen LogP contribution in [0, 0.1) is 0 Å². The molecule has 0 N–H and O–H groups in total. The zero-order valence-electron chi connectivity index (χ0n) is 28.3. The first-order chi connectivity index (χ1) is 22.7. The van der Waals surface area contributed by atoms with Crippen molar-refractivity contribution >= 4 is 43.2 Å². The number of nitrogens with zero attached hydrogens (tertiary/aromatic N) is 1. The van der Waals surface area contributed by atoms with Gasteiger partial charge in [-0.15, -0.1) is 0 Å². The summed E-state index contributed by atoms with van der Waals surface area (Å²) in [6, 6.07) is 32.7. The molecule has 1 aliphatic rings. The Hall–Kier alpha value is -3.79. The van der Waals surface area contributed by atoms with E-state index in [1.165, 1.54) is 0 Å². The Labute approximate surface area is 281 Å². The van der Waals surface area contributed by atoms with Gasteiger partial charge in [0.25, 0.3) is 0 Å². The molecule has 0 saturated carbocycles. The van der Waals surface area contributed by atoms with Crippen LogP contribution in [0.15, 0.2) is 97.1 Å². The molecule has 7 nitrogen and oxygen atoms in total. The highest BCUT2D eigenvalue weighted by Gasteiger charge is 2.44. The molecule has 0 aromatic heterocycles. The number of ether oxygens (including phenoxy) is 5. The highest BCUT2D eigenvalue weighted by Crippen LogP contribution is 2.51. The maximum atomic E-state index is 14.1. The second-order valence-corrected chi connectivity index (χ2v) is 17.0. The van der Waals surface area contributed by atoms with Gasteiger partial charge in [0.1, 0.15) is 28.6 Å². The molecule has 0 unspecified atom stereocenters. The van der Waals surface area contributed by atoms with Crippen LogP contribution in [0.4, 0.5) is 4.79 Å². The van der Waals surface area contributed by atoms with Gasteiger partial charge in [-0.25, -0.2) is 4.79 Å². The van der Waals surface area contributed by atoms with E-state index in [1.54, 1.807) is 28.4 Å². The fourth-order valence-corrected chi connectivity index (χ4v) is 12.2. The fourth-order valence-electron chi connectivity index (χ4n) is 6.22. The first-order valence-corrected chi connectivity index (χ1v) is 18.7. The summed E-state index contributed by atoms with van der Waals surface area (Å²) < 4.78 is 29.7. The standard InChI is InChI=1S/C38H45NO6P2/c1-38(2,3)45-37(40)39-25-28(47(35-22-14-10-18-31(35)43-6)36-23-15-11-19-32(36)44-7)24-27(39)26-46(33-20-12-8-16-29(33)41-4)34-21-13-9-17-30(34)42-5/h8-23,27-28H,24-26H2,1-7H3/t27-,28-/m0/s1. The van der Waals surface area contributed by atoms with Gasteiger partial charge in [-0.2, -0.15) is 0 Å². The van der Waals surface area contributed by atoms with E-state index in [4.69, 9.17) is 23.7 Å². The highest BCUT2D eigenvalue weighted by molar-refractivity contribution is 7.74. The average molecular weight is 674 g/mol. The molecule has 248 valence electrons. The summed E-state index contributed by atoms with van der Waals surface area (Å²) >= 11 is 0. The number of hydrogen-bond acceptors (Lipinski definition) is 6. The second-order valence-electron chi connectivity index (χ2n) is 12.3. The highest BCUT2D eigenvalue weighted by atomic mass is 31.1. The minimum Gasteiger partial charge on any atom is -0.496 e. The lowest BCUT2D eigenvalue weighted by Gasteiger charge is -2.31. The van der Waals surface area contributed by atoms with E-state index in [9.17, 15) is 4.79 Å². The van der Waals surface area contributed by atoms with Crippen LogP contribution in [-0.2, 0) is 4.74 Å². The van der Waals surface area contributed by atoms with E-state index >= 15 is 0 Å². The van der Waals surface area contributed by atoms with Crippen molar-refractivity contribution in [3.05, 3.63) is 97.1 Å². The molecule has 9 heteroatoms. The lowest BCUT2D eigenvalue weighted by molar-refractivity contribution is 0.0242. The van der Waals surface area contributed by atoms with E-state index < -0.39 is 21.4 Å². The third-order valence-corrected chi connectivity index (χ3v) is 13.8. The number of rotatable bonds is 11. The van der Waals surface area contributed by atoms with E-state index in [2.05, 4.69) is 36.4 Å². The van der Waals surface area contributed by atoms with Crippen LogP contribution in [-0.4, -0.2) is 69.4 Å². The van der Waals surface area contributed by atoms with E-state index in [0.29, 0.717) is 12.7 Å². The van der Waals surface area contributed by atoms with Gasteiger partial charge in [-0.1, -0.05) is 72.8 Å². The van der Waals surface area contributed by atoms with E-state index in [0.717, 1.165) is 50.6 Å².